The zero-order valence-corrected chi connectivity index (χ0v) is 10.6. The van der Waals surface area contributed by atoms with E-state index in [0.29, 0.717) is 0 Å². The molecular weight excluding hydrogens is 238 g/mol. The van der Waals surface area contributed by atoms with Gasteiger partial charge in [0, 0.05) is 5.41 Å². The number of carbonyl (C=O) groups is 1. The zero-order valence-electron chi connectivity index (χ0n) is 10.6. The number of rotatable bonds is 2. The van der Waals surface area contributed by atoms with Gasteiger partial charge in [-0.15, -0.1) is 0 Å². The van der Waals surface area contributed by atoms with Gasteiger partial charge in [0.15, 0.2) is 5.78 Å². The second kappa shape index (κ2) is 4.26. The molecule has 1 N–H and O–H groups in total. The summed E-state index contributed by atoms with van der Waals surface area (Å²) in [5, 5.41) is 9.95. The van der Waals surface area contributed by atoms with Crippen molar-refractivity contribution in [2.24, 2.45) is 5.41 Å². The van der Waals surface area contributed by atoms with Gasteiger partial charge in [0.2, 0.25) is 0 Å². The fraction of sp³-hybridized carbons (Fsp3) is 0.643. The van der Waals surface area contributed by atoms with Crippen LogP contribution < -0.4 is 0 Å². The molecule has 2 nitrogen and oxygen atoms in total. The lowest BCUT2D eigenvalue weighted by Gasteiger charge is -2.50. The molecule has 2 aliphatic rings. The Morgan fingerprint density at radius 1 is 1.61 bits per heavy atom. The van der Waals surface area contributed by atoms with Gasteiger partial charge in [0.05, 0.1) is 6.10 Å². The van der Waals surface area contributed by atoms with E-state index in [0.717, 1.165) is 0 Å². The smallest absolute Gasteiger partial charge is 0.178 e. The second-order valence-corrected chi connectivity index (χ2v) is 5.33. The van der Waals surface area contributed by atoms with Crippen molar-refractivity contribution in [1.29, 1.82) is 0 Å². The number of allylic oxidation sites excluding steroid dienone is 4. The van der Waals surface area contributed by atoms with Crippen LogP contribution >= 0.6 is 0 Å². The van der Waals surface area contributed by atoms with Crippen LogP contribution in [0.5, 0.6) is 0 Å². The van der Waals surface area contributed by atoms with E-state index < -0.39 is 23.4 Å². The standard InChI is InChI=1S/C14H18F2O2/c1-3-12(18)14(16)7-5-11(15)10-8-9(17)4-6-13(10,14)2/h4,6,8,11-12,18H,3,5,7H2,1-2H3/t11-,12-,13-,14-/m0/s1. The normalized spacial score (nSPS) is 41.3. The van der Waals surface area contributed by atoms with Crippen molar-refractivity contribution >= 4 is 5.78 Å². The number of aliphatic hydroxyl groups excluding tert-OH is 1. The molecule has 0 amide bonds. The van der Waals surface area contributed by atoms with Crippen molar-refractivity contribution in [3.05, 3.63) is 23.8 Å². The maximum absolute atomic E-state index is 15.2. The van der Waals surface area contributed by atoms with Crippen molar-refractivity contribution in [2.45, 2.75) is 51.1 Å². The third kappa shape index (κ3) is 1.66. The van der Waals surface area contributed by atoms with E-state index in [1.165, 1.54) is 18.2 Å². The molecule has 2 rings (SSSR count). The van der Waals surface area contributed by atoms with Gasteiger partial charge in [-0.2, -0.15) is 0 Å². The van der Waals surface area contributed by atoms with Gasteiger partial charge < -0.3 is 5.11 Å². The molecule has 4 atom stereocenters. The van der Waals surface area contributed by atoms with Crippen LogP contribution in [0, 0.1) is 5.41 Å². The summed E-state index contributed by atoms with van der Waals surface area (Å²) in [4.78, 5) is 11.3. The molecule has 0 aliphatic heterocycles. The van der Waals surface area contributed by atoms with Crippen LogP contribution in [0.3, 0.4) is 0 Å². The highest BCUT2D eigenvalue weighted by molar-refractivity contribution is 6.01. The molecule has 0 aromatic carbocycles. The molecule has 0 bridgehead atoms. The summed E-state index contributed by atoms with van der Waals surface area (Å²) in [6.45, 7) is 3.25. The van der Waals surface area contributed by atoms with Gasteiger partial charge in [-0.25, -0.2) is 8.78 Å². The Bertz CT molecular complexity index is 430. The number of ketones is 1. The number of hydrogen-bond acceptors (Lipinski definition) is 2. The Balaban J connectivity index is 2.51. The van der Waals surface area contributed by atoms with Crippen molar-refractivity contribution in [2.75, 3.05) is 0 Å². The molecule has 0 spiro atoms. The van der Waals surface area contributed by atoms with E-state index in [4.69, 9.17) is 0 Å². The fourth-order valence-corrected chi connectivity index (χ4v) is 3.08. The lowest BCUT2D eigenvalue weighted by Crippen LogP contribution is -2.56. The molecule has 18 heavy (non-hydrogen) atoms. The molecule has 1 fully saturated rings. The monoisotopic (exact) mass is 256 g/mol. The minimum Gasteiger partial charge on any atom is -0.390 e. The Kier molecular flexibility index (Phi) is 3.18. The molecule has 1 saturated carbocycles. The maximum atomic E-state index is 15.2. The fourth-order valence-electron chi connectivity index (χ4n) is 3.08. The summed E-state index contributed by atoms with van der Waals surface area (Å²) in [6, 6.07) is 0. The summed E-state index contributed by atoms with van der Waals surface area (Å²) in [7, 11) is 0. The van der Waals surface area contributed by atoms with Crippen molar-refractivity contribution in [3.63, 3.8) is 0 Å². The van der Waals surface area contributed by atoms with Gasteiger partial charge in [-0.3, -0.25) is 4.79 Å². The Morgan fingerprint density at radius 3 is 2.89 bits per heavy atom. The molecule has 0 aromatic heterocycles. The Morgan fingerprint density at radius 2 is 2.28 bits per heavy atom. The molecule has 0 saturated heterocycles. The van der Waals surface area contributed by atoms with E-state index in [2.05, 4.69) is 0 Å². The zero-order chi connectivity index (χ0) is 13.6. The highest BCUT2D eigenvalue weighted by Gasteiger charge is 2.58. The van der Waals surface area contributed by atoms with Crippen LogP contribution in [0.15, 0.2) is 23.8 Å². The van der Waals surface area contributed by atoms with Gasteiger partial charge >= 0.3 is 0 Å². The molecule has 0 radical (unpaired) electrons. The lowest BCUT2D eigenvalue weighted by atomic mass is 9.58. The molecule has 4 heteroatoms. The third-order valence-corrected chi connectivity index (χ3v) is 4.36. The minimum absolute atomic E-state index is 0.0100. The van der Waals surface area contributed by atoms with E-state index >= 15 is 4.39 Å². The first-order valence-electron chi connectivity index (χ1n) is 6.31. The van der Waals surface area contributed by atoms with Gasteiger partial charge in [0.1, 0.15) is 11.8 Å². The average molecular weight is 256 g/mol. The minimum atomic E-state index is -1.91. The SMILES string of the molecule is CC[C@H](O)[C@@]1(F)CC[C@H](F)C2=CC(=O)C=C[C@@]21C. The Labute approximate surface area is 105 Å². The number of halogens is 2. The van der Waals surface area contributed by atoms with E-state index in [9.17, 15) is 14.3 Å². The first-order valence-corrected chi connectivity index (χ1v) is 6.31. The number of alkyl halides is 2. The van der Waals surface area contributed by atoms with Crippen LogP contribution in [0.25, 0.3) is 0 Å². The predicted molar refractivity (Wildman–Crippen MR) is 64.6 cm³/mol. The summed E-state index contributed by atoms with van der Waals surface area (Å²) in [5.41, 5.74) is -2.97. The summed E-state index contributed by atoms with van der Waals surface area (Å²) >= 11 is 0. The number of aliphatic hydroxyl groups is 1. The third-order valence-electron chi connectivity index (χ3n) is 4.36. The van der Waals surface area contributed by atoms with Crippen LogP contribution in [-0.2, 0) is 4.79 Å². The van der Waals surface area contributed by atoms with Crippen LogP contribution in [0.1, 0.15) is 33.1 Å². The highest BCUT2D eigenvalue weighted by Crippen LogP contribution is 2.55. The molecule has 2 aliphatic carbocycles. The number of hydrogen-bond donors (Lipinski definition) is 1. The first kappa shape index (κ1) is 13.4. The largest absolute Gasteiger partial charge is 0.390 e. The molecule has 0 heterocycles. The van der Waals surface area contributed by atoms with E-state index in [1.807, 2.05) is 0 Å². The second-order valence-electron chi connectivity index (χ2n) is 5.33. The predicted octanol–water partition coefficient (Wildman–Crippen LogP) is 2.67. The molecule has 0 unspecified atom stereocenters. The maximum Gasteiger partial charge on any atom is 0.178 e. The quantitative estimate of drug-likeness (QED) is 0.824. The van der Waals surface area contributed by atoms with E-state index in [1.54, 1.807) is 13.8 Å². The molecule has 100 valence electrons. The van der Waals surface area contributed by atoms with Crippen molar-refractivity contribution in [3.8, 4) is 0 Å². The molecular formula is C14H18F2O2. The average Bonchev–Trinajstić information content (AvgIpc) is 2.35. The Hall–Kier alpha value is -1.03. The number of fused-ring (bicyclic) bond motifs is 1. The van der Waals surface area contributed by atoms with Crippen molar-refractivity contribution < 1.29 is 18.7 Å². The van der Waals surface area contributed by atoms with Gasteiger partial charge in [0.25, 0.3) is 0 Å². The summed E-state index contributed by atoms with van der Waals surface area (Å²) in [5.74, 6) is -0.319. The lowest BCUT2D eigenvalue weighted by molar-refractivity contribution is -0.112. The summed E-state index contributed by atoms with van der Waals surface area (Å²) in [6.07, 6.45) is 1.63. The van der Waals surface area contributed by atoms with E-state index in [-0.39, 0.29) is 30.6 Å². The molecule has 0 aromatic rings. The highest BCUT2D eigenvalue weighted by atomic mass is 19.1. The first-order chi connectivity index (χ1) is 8.35. The van der Waals surface area contributed by atoms with Crippen molar-refractivity contribution in [1.82, 2.24) is 0 Å². The van der Waals surface area contributed by atoms with Gasteiger partial charge in [-0.05, 0) is 43.9 Å². The topological polar surface area (TPSA) is 37.3 Å². The van der Waals surface area contributed by atoms with Crippen LogP contribution in [0.4, 0.5) is 8.78 Å². The summed E-state index contributed by atoms with van der Waals surface area (Å²) < 4.78 is 29.1. The number of carbonyl (C=O) groups excluding carboxylic acids is 1. The van der Waals surface area contributed by atoms with Crippen LogP contribution in [-0.4, -0.2) is 28.8 Å². The van der Waals surface area contributed by atoms with Gasteiger partial charge in [-0.1, -0.05) is 13.0 Å². The van der Waals surface area contributed by atoms with Crippen LogP contribution in [0.2, 0.25) is 0 Å².